The zero-order chi connectivity index (χ0) is 27.4. The molecule has 2 atom stereocenters. The highest BCUT2D eigenvalue weighted by Crippen LogP contribution is 2.18. The minimum Gasteiger partial charge on any atom is -0.456 e. The van der Waals surface area contributed by atoms with Gasteiger partial charge < -0.3 is 20.7 Å². The third-order valence-corrected chi connectivity index (χ3v) is 6.71. The van der Waals surface area contributed by atoms with E-state index in [1.165, 1.54) is 36.5 Å². The molecule has 2 bridgehead atoms. The molecule has 2 rings (SSSR count). The Morgan fingerprint density at radius 2 is 1.97 bits per heavy atom. The summed E-state index contributed by atoms with van der Waals surface area (Å²) in [7, 11) is 0. The Hall–Kier alpha value is -3.12. The molecule has 2 heterocycles. The Balaban J connectivity index is 2.36. The molecule has 0 radical (unpaired) electrons. The van der Waals surface area contributed by atoms with Crippen molar-refractivity contribution in [3.63, 3.8) is 0 Å². The first-order valence-corrected chi connectivity index (χ1v) is 14.0. The lowest BCUT2D eigenvalue weighted by molar-refractivity contribution is -0.151. The average molecular weight is 549 g/mol. The van der Waals surface area contributed by atoms with E-state index in [2.05, 4.69) is 20.9 Å². The number of ether oxygens (including phenoxy) is 1. The molecule has 1 aliphatic rings. The van der Waals surface area contributed by atoms with Crippen molar-refractivity contribution in [2.45, 2.75) is 63.6 Å². The molecule has 10 nitrogen and oxygen atoms in total. The van der Waals surface area contributed by atoms with Gasteiger partial charge in [0.15, 0.2) is 5.12 Å². The van der Waals surface area contributed by atoms with Crippen molar-refractivity contribution in [2.24, 2.45) is 0 Å². The molecule has 12 heteroatoms. The fourth-order valence-corrected chi connectivity index (χ4v) is 4.26. The molecule has 1 aromatic heterocycles. The van der Waals surface area contributed by atoms with Crippen LogP contribution in [-0.4, -0.2) is 57.9 Å². The summed E-state index contributed by atoms with van der Waals surface area (Å²) in [5.74, 6) is -1.78. The van der Waals surface area contributed by atoms with E-state index in [4.69, 9.17) is 4.74 Å². The number of carbonyl (C=O) groups excluding carboxylic acids is 5. The molecule has 3 N–H and O–H groups in total. The fourth-order valence-electron chi connectivity index (χ4n) is 3.24. The molecule has 3 amide bonds. The van der Waals surface area contributed by atoms with Crippen molar-refractivity contribution in [3.8, 4) is 0 Å². The minimum absolute atomic E-state index is 0.00411. The number of nitrogens with one attached hydrogen (secondary N) is 3. The van der Waals surface area contributed by atoms with Crippen molar-refractivity contribution >= 4 is 52.3 Å². The van der Waals surface area contributed by atoms with Crippen molar-refractivity contribution < 1.29 is 28.7 Å². The molecule has 1 aromatic rings. The van der Waals surface area contributed by atoms with E-state index in [1.807, 2.05) is 6.26 Å². The van der Waals surface area contributed by atoms with E-state index in [1.54, 1.807) is 38.1 Å². The third-order valence-electron chi connectivity index (χ3n) is 5.16. The first-order valence-electron chi connectivity index (χ1n) is 11.8. The van der Waals surface area contributed by atoms with Crippen LogP contribution < -0.4 is 16.0 Å². The number of rotatable bonds is 6. The van der Waals surface area contributed by atoms with Crippen LogP contribution in [0, 0.1) is 0 Å². The Morgan fingerprint density at radius 1 is 1.22 bits per heavy atom. The third kappa shape index (κ3) is 10.0. The van der Waals surface area contributed by atoms with E-state index >= 15 is 0 Å². The predicted molar refractivity (Wildman–Crippen MR) is 143 cm³/mol. The molecule has 0 aliphatic carbocycles. The van der Waals surface area contributed by atoms with Gasteiger partial charge in [-0.3, -0.25) is 19.2 Å². The van der Waals surface area contributed by atoms with Crippen LogP contribution in [0.15, 0.2) is 41.0 Å². The zero-order valence-corrected chi connectivity index (χ0v) is 22.9. The number of cyclic esters (lactones) is 1. The normalized spacial score (nSPS) is 20.8. The van der Waals surface area contributed by atoms with Crippen molar-refractivity contribution in [1.82, 2.24) is 20.9 Å². The summed E-state index contributed by atoms with van der Waals surface area (Å²) in [5, 5.41) is 7.89. The van der Waals surface area contributed by atoms with Crippen LogP contribution in [0.4, 0.5) is 0 Å². The molecular formula is C25H32N4O6S2. The maximum Gasteiger partial charge on any atom is 0.329 e. The number of hydrogen-bond acceptors (Lipinski definition) is 9. The van der Waals surface area contributed by atoms with Gasteiger partial charge in [0.1, 0.15) is 23.5 Å². The molecule has 37 heavy (non-hydrogen) atoms. The Bertz CT molecular complexity index is 1090. The lowest BCUT2D eigenvalue weighted by Crippen LogP contribution is -2.46. The van der Waals surface area contributed by atoms with Crippen LogP contribution in [0.25, 0.3) is 0 Å². The molecule has 0 saturated heterocycles. The highest BCUT2D eigenvalue weighted by Gasteiger charge is 2.26. The maximum absolute atomic E-state index is 12.9. The first kappa shape index (κ1) is 30.1. The van der Waals surface area contributed by atoms with E-state index < -0.39 is 29.9 Å². The van der Waals surface area contributed by atoms with Crippen LogP contribution in [0.3, 0.4) is 0 Å². The van der Waals surface area contributed by atoms with Crippen molar-refractivity contribution in [2.75, 3.05) is 12.0 Å². The Morgan fingerprint density at radius 3 is 2.62 bits per heavy atom. The molecule has 0 aromatic carbocycles. The lowest BCUT2D eigenvalue weighted by Gasteiger charge is -2.21. The molecule has 0 unspecified atom stereocenters. The monoisotopic (exact) mass is 548 g/mol. The number of allylic oxidation sites excluding steroid dienone is 2. The standard InChI is InChI=1S/C25H32N4O6S2/c1-5-19-23(32)29-20(6-2)25(34)35-17(9-7-8-10-37-15(3)30)12-22(31)26-14-16-11-18(36-4)13-21(27-16)24(33)28-19/h5,7,9,11,13,17,20H,6,8,10,12,14H2,1-4H3,(H,26,31)(H,28,33)(H,29,32)/b9-7+,19-5-/t17-,20+/m1/s1. The number of aromatic nitrogens is 1. The number of hydrogen-bond donors (Lipinski definition) is 3. The van der Waals surface area contributed by atoms with E-state index in [0.717, 1.165) is 4.90 Å². The summed E-state index contributed by atoms with van der Waals surface area (Å²) in [6.45, 7) is 4.83. The highest BCUT2D eigenvalue weighted by atomic mass is 32.2. The molecule has 0 spiro atoms. The quantitative estimate of drug-likeness (QED) is 0.161. The van der Waals surface area contributed by atoms with Crippen LogP contribution in [-0.2, 0) is 30.5 Å². The number of pyridine rings is 1. The summed E-state index contributed by atoms with van der Waals surface area (Å²) in [5.41, 5.74) is 0.514. The average Bonchev–Trinajstić information content (AvgIpc) is 2.87. The molecule has 1 aliphatic heterocycles. The number of thioether (sulfide) groups is 2. The maximum atomic E-state index is 12.9. The summed E-state index contributed by atoms with van der Waals surface area (Å²) in [6.07, 6.45) is 6.39. The van der Waals surface area contributed by atoms with E-state index in [0.29, 0.717) is 17.9 Å². The summed E-state index contributed by atoms with van der Waals surface area (Å²) >= 11 is 2.59. The van der Waals surface area contributed by atoms with Crippen LogP contribution in [0.2, 0.25) is 0 Å². The lowest BCUT2D eigenvalue weighted by atomic mass is 10.1. The van der Waals surface area contributed by atoms with Gasteiger partial charge in [0.05, 0.1) is 18.7 Å². The van der Waals surface area contributed by atoms with Crippen LogP contribution in [0.1, 0.15) is 56.2 Å². The first-order chi connectivity index (χ1) is 17.7. The molecular weight excluding hydrogens is 516 g/mol. The van der Waals surface area contributed by atoms with E-state index in [-0.39, 0.29) is 41.8 Å². The van der Waals surface area contributed by atoms with Crippen molar-refractivity contribution in [3.05, 3.63) is 47.4 Å². The van der Waals surface area contributed by atoms with Crippen molar-refractivity contribution in [1.29, 1.82) is 0 Å². The van der Waals surface area contributed by atoms with Gasteiger partial charge in [-0.15, -0.1) is 11.8 Å². The smallest absolute Gasteiger partial charge is 0.329 e. The van der Waals surface area contributed by atoms with Gasteiger partial charge in [-0.2, -0.15) is 0 Å². The second-order valence-electron chi connectivity index (χ2n) is 7.99. The number of carbonyl (C=O) groups is 5. The van der Waals surface area contributed by atoms with E-state index in [9.17, 15) is 24.0 Å². The number of esters is 1. The number of fused-ring (bicyclic) bond motifs is 2. The van der Waals surface area contributed by atoms with Crippen LogP contribution in [0.5, 0.6) is 0 Å². The largest absolute Gasteiger partial charge is 0.456 e. The molecule has 200 valence electrons. The fraction of sp³-hybridized carbons (Fsp3) is 0.440. The Labute approximate surface area is 224 Å². The van der Waals surface area contributed by atoms with Gasteiger partial charge in [-0.25, -0.2) is 9.78 Å². The van der Waals surface area contributed by atoms with Crippen LogP contribution >= 0.6 is 23.5 Å². The SMILES string of the molecule is C/C=C1\NC(=O)c2cc(SC)cc(n2)CNC(=O)C[C@@H](/C=C/CCSC(C)=O)OC(=O)[C@H](CC)NC1=O. The summed E-state index contributed by atoms with van der Waals surface area (Å²) < 4.78 is 5.57. The summed E-state index contributed by atoms with van der Waals surface area (Å²) in [4.78, 5) is 67.5. The Kier molecular flexibility index (Phi) is 12.4. The molecule has 0 saturated carbocycles. The second-order valence-corrected chi connectivity index (χ2v) is 10.1. The van der Waals surface area contributed by atoms with Gasteiger partial charge in [0.25, 0.3) is 11.8 Å². The van der Waals surface area contributed by atoms with Gasteiger partial charge in [0, 0.05) is 17.6 Å². The van der Waals surface area contributed by atoms with Gasteiger partial charge in [-0.05, 0) is 44.2 Å². The predicted octanol–water partition coefficient (Wildman–Crippen LogP) is 2.49. The van der Waals surface area contributed by atoms with Gasteiger partial charge >= 0.3 is 5.97 Å². The van der Waals surface area contributed by atoms with Gasteiger partial charge in [-0.1, -0.05) is 30.8 Å². The molecule has 0 fully saturated rings. The summed E-state index contributed by atoms with van der Waals surface area (Å²) in [6, 6.07) is 2.35. The highest BCUT2D eigenvalue weighted by molar-refractivity contribution is 8.13. The van der Waals surface area contributed by atoms with Gasteiger partial charge in [0.2, 0.25) is 5.91 Å². The topological polar surface area (TPSA) is 144 Å². The zero-order valence-electron chi connectivity index (χ0n) is 21.3. The second kappa shape index (κ2) is 15.2. The minimum atomic E-state index is -0.996. The number of nitrogens with zero attached hydrogens (tertiary/aromatic N) is 1. The number of amides is 3.